The van der Waals surface area contributed by atoms with Gasteiger partial charge in [0.25, 0.3) is 5.78 Å². The van der Waals surface area contributed by atoms with Crippen LogP contribution < -0.4 is 5.32 Å². The van der Waals surface area contributed by atoms with Crippen LogP contribution in [-0.4, -0.2) is 22.4 Å². The number of nitrogens with one attached hydrogen (secondary N) is 1. The fourth-order valence-corrected chi connectivity index (χ4v) is 3.36. The zero-order valence-electron chi connectivity index (χ0n) is 14.8. The molecule has 1 aromatic heterocycles. The largest absolute Gasteiger partial charge is 0.454 e. The first-order valence-corrected chi connectivity index (χ1v) is 9.20. The summed E-state index contributed by atoms with van der Waals surface area (Å²) in [5, 5.41) is 2.95. The molecule has 1 heterocycles. The van der Waals surface area contributed by atoms with E-state index in [-0.39, 0.29) is 23.9 Å². The van der Waals surface area contributed by atoms with E-state index in [1.165, 1.54) is 10.6 Å². The first kappa shape index (κ1) is 20.1. The first-order chi connectivity index (χ1) is 13.2. The second kappa shape index (κ2) is 7.79. The summed E-state index contributed by atoms with van der Waals surface area (Å²) in [6, 6.07) is 13.7. The molecule has 0 saturated carbocycles. The van der Waals surface area contributed by atoms with Gasteiger partial charge in [-0.05, 0) is 30.7 Å². The van der Waals surface area contributed by atoms with E-state index in [2.05, 4.69) is 21.2 Å². The minimum Gasteiger partial charge on any atom is -0.348 e. The van der Waals surface area contributed by atoms with Crippen molar-refractivity contribution in [1.82, 2.24) is 9.88 Å². The number of Topliss-reactive ketones (excluding diaryl/α,β-unsaturated/α-hetero) is 1. The third-order valence-electron chi connectivity index (χ3n) is 4.34. The Hall–Kier alpha value is -2.61. The molecule has 3 rings (SSSR count). The summed E-state index contributed by atoms with van der Waals surface area (Å²) in [4.78, 5) is 24.2. The maximum atomic E-state index is 12.9. The van der Waals surface area contributed by atoms with Gasteiger partial charge in [-0.2, -0.15) is 13.2 Å². The molecule has 8 heteroatoms. The van der Waals surface area contributed by atoms with Crippen LogP contribution in [0, 0.1) is 0 Å². The summed E-state index contributed by atoms with van der Waals surface area (Å²) in [6.07, 6.45) is -3.91. The summed E-state index contributed by atoms with van der Waals surface area (Å²) in [5.41, 5.74) is 0.802. The van der Waals surface area contributed by atoms with Crippen molar-refractivity contribution < 1.29 is 22.8 Å². The molecule has 1 atom stereocenters. The Morgan fingerprint density at radius 2 is 1.82 bits per heavy atom. The van der Waals surface area contributed by atoms with E-state index in [0.29, 0.717) is 9.99 Å². The molecule has 3 aromatic rings. The van der Waals surface area contributed by atoms with Crippen LogP contribution in [0.1, 0.15) is 28.9 Å². The van der Waals surface area contributed by atoms with Gasteiger partial charge in [0.05, 0.1) is 11.6 Å². The summed E-state index contributed by atoms with van der Waals surface area (Å²) in [5.74, 6) is -2.31. The van der Waals surface area contributed by atoms with Crippen molar-refractivity contribution in [2.75, 3.05) is 0 Å². The number of alkyl halides is 3. The molecule has 0 radical (unpaired) electrons. The minimum absolute atomic E-state index is 0.139. The molecule has 1 N–H and O–H groups in total. The number of hydrogen-bond donors (Lipinski definition) is 1. The highest BCUT2D eigenvalue weighted by molar-refractivity contribution is 9.10. The van der Waals surface area contributed by atoms with Crippen molar-refractivity contribution in [2.45, 2.75) is 25.7 Å². The standard InChI is InChI=1S/C20H16BrF3N2O2/c1-12(13-5-3-2-4-6-13)25-18(27)11-26-10-16(19(28)20(22,23)24)15-9-14(21)7-8-17(15)26/h2-10,12H,11H2,1H3,(H,25,27)/t12-/m1/s1. The van der Waals surface area contributed by atoms with Crippen molar-refractivity contribution in [2.24, 2.45) is 0 Å². The van der Waals surface area contributed by atoms with Crippen molar-refractivity contribution in [1.29, 1.82) is 0 Å². The number of hydrogen-bond acceptors (Lipinski definition) is 2. The number of aromatic nitrogens is 1. The topological polar surface area (TPSA) is 51.1 Å². The molecular weight excluding hydrogens is 437 g/mol. The fraction of sp³-hybridized carbons (Fsp3) is 0.200. The highest BCUT2D eigenvalue weighted by Gasteiger charge is 2.41. The molecule has 0 aliphatic rings. The van der Waals surface area contributed by atoms with Gasteiger partial charge in [0.2, 0.25) is 5.91 Å². The lowest BCUT2D eigenvalue weighted by Crippen LogP contribution is -2.30. The number of benzene rings is 2. The van der Waals surface area contributed by atoms with Gasteiger partial charge in [0, 0.05) is 21.6 Å². The Bertz CT molecular complexity index is 1030. The van der Waals surface area contributed by atoms with E-state index in [9.17, 15) is 22.8 Å². The van der Waals surface area contributed by atoms with Crippen LogP contribution in [0.3, 0.4) is 0 Å². The lowest BCUT2D eigenvalue weighted by Gasteiger charge is -2.15. The lowest BCUT2D eigenvalue weighted by molar-refractivity contribution is -0.122. The van der Waals surface area contributed by atoms with Crippen LogP contribution in [0.15, 0.2) is 59.2 Å². The van der Waals surface area contributed by atoms with Crippen molar-refractivity contribution >= 4 is 38.5 Å². The van der Waals surface area contributed by atoms with E-state index in [1.54, 1.807) is 12.1 Å². The van der Waals surface area contributed by atoms with Gasteiger partial charge >= 0.3 is 6.18 Å². The molecule has 0 spiro atoms. The van der Waals surface area contributed by atoms with Crippen LogP contribution in [0.4, 0.5) is 13.2 Å². The average Bonchev–Trinajstić information content (AvgIpc) is 2.98. The van der Waals surface area contributed by atoms with Crippen LogP contribution in [0.2, 0.25) is 0 Å². The fourth-order valence-electron chi connectivity index (χ4n) is 3.00. The molecular formula is C20H16BrF3N2O2. The Labute approximate surface area is 167 Å². The third kappa shape index (κ3) is 4.27. The molecule has 28 heavy (non-hydrogen) atoms. The Morgan fingerprint density at radius 3 is 2.46 bits per heavy atom. The quantitative estimate of drug-likeness (QED) is 0.552. The van der Waals surface area contributed by atoms with Crippen LogP contribution >= 0.6 is 15.9 Å². The summed E-state index contributed by atoms with van der Waals surface area (Å²) in [7, 11) is 0. The monoisotopic (exact) mass is 452 g/mol. The number of nitrogens with zero attached hydrogens (tertiary/aromatic N) is 1. The van der Waals surface area contributed by atoms with Crippen molar-refractivity contribution in [3.63, 3.8) is 0 Å². The normalized spacial score (nSPS) is 12.8. The molecule has 146 valence electrons. The number of fused-ring (bicyclic) bond motifs is 1. The summed E-state index contributed by atoms with van der Waals surface area (Å²) in [6.45, 7) is 1.61. The van der Waals surface area contributed by atoms with Gasteiger partial charge in [-0.1, -0.05) is 46.3 Å². The highest BCUT2D eigenvalue weighted by atomic mass is 79.9. The van der Waals surface area contributed by atoms with Crippen LogP contribution in [0.5, 0.6) is 0 Å². The molecule has 0 fully saturated rings. The SMILES string of the molecule is C[C@@H](NC(=O)Cn1cc(C(=O)C(F)(F)F)c2cc(Br)ccc21)c1ccccc1. The molecule has 0 aliphatic heterocycles. The number of ketones is 1. The van der Waals surface area contributed by atoms with Gasteiger partial charge in [0.15, 0.2) is 0 Å². The molecule has 4 nitrogen and oxygen atoms in total. The summed E-state index contributed by atoms with van der Waals surface area (Å²) < 4.78 is 40.7. The van der Waals surface area contributed by atoms with Gasteiger partial charge in [-0.25, -0.2) is 0 Å². The van der Waals surface area contributed by atoms with Gasteiger partial charge in [-0.15, -0.1) is 0 Å². The van der Waals surface area contributed by atoms with Crippen molar-refractivity contribution in [3.05, 3.63) is 70.3 Å². The Kier molecular flexibility index (Phi) is 5.60. The lowest BCUT2D eigenvalue weighted by atomic mass is 10.1. The predicted molar refractivity (Wildman–Crippen MR) is 103 cm³/mol. The van der Waals surface area contributed by atoms with E-state index >= 15 is 0 Å². The maximum absolute atomic E-state index is 12.9. The number of amides is 1. The van der Waals surface area contributed by atoms with Gasteiger partial charge < -0.3 is 9.88 Å². The predicted octanol–water partition coefficient (Wildman–Crippen LogP) is 5.03. The molecule has 0 unspecified atom stereocenters. The van der Waals surface area contributed by atoms with E-state index < -0.39 is 17.5 Å². The smallest absolute Gasteiger partial charge is 0.348 e. The molecule has 0 bridgehead atoms. The Morgan fingerprint density at radius 1 is 1.14 bits per heavy atom. The van der Waals surface area contributed by atoms with Gasteiger partial charge in [0.1, 0.15) is 6.54 Å². The minimum atomic E-state index is -4.99. The number of carbonyl (C=O) groups excluding carboxylic acids is 2. The number of halogens is 4. The summed E-state index contributed by atoms with van der Waals surface area (Å²) >= 11 is 3.20. The Balaban J connectivity index is 1.89. The number of carbonyl (C=O) groups is 2. The third-order valence-corrected chi connectivity index (χ3v) is 4.83. The van der Waals surface area contributed by atoms with Gasteiger partial charge in [-0.3, -0.25) is 9.59 Å². The van der Waals surface area contributed by atoms with E-state index in [0.717, 1.165) is 11.8 Å². The zero-order chi connectivity index (χ0) is 20.5. The van der Waals surface area contributed by atoms with Crippen molar-refractivity contribution in [3.8, 4) is 0 Å². The molecule has 0 aliphatic carbocycles. The van der Waals surface area contributed by atoms with E-state index in [1.807, 2.05) is 37.3 Å². The number of rotatable bonds is 5. The van der Waals surface area contributed by atoms with E-state index in [4.69, 9.17) is 0 Å². The molecule has 0 saturated heterocycles. The average molecular weight is 453 g/mol. The molecule has 2 aromatic carbocycles. The second-order valence-electron chi connectivity index (χ2n) is 6.36. The molecule has 1 amide bonds. The maximum Gasteiger partial charge on any atom is 0.454 e. The van der Waals surface area contributed by atoms with Crippen LogP contribution in [-0.2, 0) is 11.3 Å². The zero-order valence-corrected chi connectivity index (χ0v) is 16.3. The highest BCUT2D eigenvalue weighted by Crippen LogP contribution is 2.30. The second-order valence-corrected chi connectivity index (χ2v) is 7.27. The van der Waals surface area contributed by atoms with Crippen LogP contribution in [0.25, 0.3) is 10.9 Å². The first-order valence-electron chi connectivity index (χ1n) is 8.41.